The summed E-state index contributed by atoms with van der Waals surface area (Å²) >= 11 is 7.60. The van der Waals surface area contributed by atoms with Crippen molar-refractivity contribution in [1.29, 1.82) is 0 Å². The summed E-state index contributed by atoms with van der Waals surface area (Å²) in [5, 5.41) is 1.04. The molecular formula is C21H21ClN2O4S. The zero-order valence-corrected chi connectivity index (χ0v) is 18.1. The number of carbonyl (C=O) groups is 1. The number of methoxy groups -OCH3 is 3. The summed E-state index contributed by atoms with van der Waals surface area (Å²) in [5.74, 6) is 1.61. The van der Waals surface area contributed by atoms with Crippen molar-refractivity contribution in [2.45, 2.75) is 6.92 Å². The Balaban J connectivity index is 1.94. The molecule has 0 spiro atoms. The second-order valence-corrected chi connectivity index (χ2v) is 7.41. The lowest BCUT2D eigenvalue weighted by atomic mass is 10.2. The lowest BCUT2D eigenvalue weighted by Crippen LogP contribution is -2.28. The number of aliphatic imine (C=N–C) groups is 1. The molecule has 8 heteroatoms. The van der Waals surface area contributed by atoms with Crippen molar-refractivity contribution in [3.05, 3.63) is 51.9 Å². The Labute approximate surface area is 179 Å². The van der Waals surface area contributed by atoms with E-state index in [1.165, 1.54) is 18.9 Å². The number of halogens is 1. The standard InChI is InChI=1S/C21H21ClN2O4S/c1-5-24-20(25)18(12-13-10-16(22)19(28-4)17(11-13)27-3)29-21(24)23-14-6-8-15(26-2)9-7-14/h6-12H,5H2,1-4H3/b18-12+,23-21?. The fourth-order valence-corrected chi connectivity index (χ4v) is 4.17. The molecule has 2 aromatic carbocycles. The van der Waals surface area contributed by atoms with Gasteiger partial charge in [0.15, 0.2) is 16.7 Å². The molecule has 0 saturated carbocycles. The van der Waals surface area contributed by atoms with E-state index in [4.69, 9.17) is 25.8 Å². The first-order valence-electron chi connectivity index (χ1n) is 8.86. The summed E-state index contributed by atoms with van der Waals surface area (Å²) in [6.07, 6.45) is 1.78. The maximum Gasteiger partial charge on any atom is 0.266 e. The van der Waals surface area contributed by atoms with Gasteiger partial charge in [-0.2, -0.15) is 0 Å². The van der Waals surface area contributed by atoms with Gasteiger partial charge in [-0.1, -0.05) is 11.6 Å². The summed E-state index contributed by atoms with van der Waals surface area (Å²) in [6.45, 7) is 2.43. The van der Waals surface area contributed by atoms with Gasteiger partial charge in [0.05, 0.1) is 36.9 Å². The van der Waals surface area contributed by atoms with E-state index in [0.717, 1.165) is 17.0 Å². The van der Waals surface area contributed by atoms with Crippen LogP contribution >= 0.6 is 23.4 Å². The van der Waals surface area contributed by atoms with E-state index in [0.29, 0.717) is 33.1 Å². The van der Waals surface area contributed by atoms with Gasteiger partial charge < -0.3 is 14.2 Å². The van der Waals surface area contributed by atoms with Crippen molar-refractivity contribution < 1.29 is 19.0 Å². The van der Waals surface area contributed by atoms with Gasteiger partial charge in [0.1, 0.15) is 5.75 Å². The number of rotatable bonds is 6. The lowest BCUT2D eigenvalue weighted by Gasteiger charge is -2.12. The van der Waals surface area contributed by atoms with Crippen molar-refractivity contribution >= 4 is 46.2 Å². The minimum Gasteiger partial charge on any atom is -0.497 e. The van der Waals surface area contributed by atoms with Crippen LogP contribution in [0.15, 0.2) is 46.3 Å². The summed E-state index contributed by atoms with van der Waals surface area (Å²) < 4.78 is 15.8. The fourth-order valence-electron chi connectivity index (χ4n) is 2.81. The van der Waals surface area contributed by atoms with E-state index in [2.05, 4.69) is 4.99 Å². The SMILES string of the molecule is CCN1C(=O)/C(=C\c2cc(Cl)c(OC)c(OC)c2)SC1=Nc1ccc(OC)cc1. The first-order chi connectivity index (χ1) is 14.0. The molecule has 1 heterocycles. The molecule has 1 fully saturated rings. The predicted octanol–water partition coefficient (Wildman–Crippen LogP) is 4.99. The highest BCUT2D eigenvalue weighted by atomic mass is 35.5. The van der Waals surface area contributed by atoms with Crippen LogP contribution in [0.4, 0.5) is 5.69 Å². The zero-order valence-electron chi connectivity index (χ0n) is 16.6. The molecule has 1 aliphatic heterocycles. The molecule has 0 atom stereocenters. The smallest absolute Gasteiger partial charge is 0.266 e. The van der Waals surface area contributed by atoms with Crippen LogP contribution in [0.25, 0.3) is 6.08 Å². The number of hydrogen-bond acceptors (Lipinski definition) is 6. The summed E-state index contributed by atoms with van der Waals surface area (Å²) in [6, 6.07) is 10.9. The third-order valence-corrected chi connectivity index (χ3v) is 5.54. The van der Waals surface area contributed by atoms with Crippen LogP contribution in [0.2, 0.25) is 5.02 Å². The van der Waals surface area contributed by atoms with Crippen molar-refractivity contribution in [2.24, 2.45) is 4.99 Å². The van der Waals surface area contributed by atoms with Gasteiger partial charge >= 0.3 is 0 Å². The van der Waals surface area contributed by atoms with Crippen molar-refractivity contribution in [1.82, 2.24) is 4.90 Å². The Hall–Kier alpha value is -2.64. The van der Waals surface area contributed by atoms with E-state index < -0.39 is 0 Å². The molecule has 1 amide bonds. The molecule has 6 nitrogen and oxygen atoms in total. The number of amides is 1. The number of likely N-dealkylation sites (N-methyl/N-ethyl adjacent to an activating group) is 1. The average molecular weight is 433 g/mol. The maximum absolute atomic E-state index is 12.9. The summed E-state index contributed by atoms with van der Waals surface area (Å²) in [7, 11) is 4.68. The van der Waals surface area contributed by atoms with E-state index in [9.17, 15) is 4.79 Å². The minimum atomic E-state index is -0.101. The van der Waals surface area contributed by atoms with E-state index in [1.807, 2.05) is 31.2 Å². The number of carbonyl (C=O) groups excluding carboxylic acids is 1. The molecule has 2 aromatic rings. The molecule has 1 aliphatic rings. The number of hydrogen-bond donors (Lipinski definition) is 0. The van der Waals surface area contributed by atoms with Gasteiger partial charge in [-0.15, -0.1) is 0 Å². The zero-order chi connectivity index (χ0) is 21.0. The highest BCUT2D eigenvalue weighted by molar-refractivity contribution is 8.18. The van der Waals surface area contributed by atoms with Crippen LogP contribution in [0.3, 0.4) is 0 Å². The molecule has 0 unspecified atom stereocenters. The molecule has 0 radical (unpaired) electrons. The first kappa shape index (κ1) is 21.1. The Morgan fingerprint density at radius 1 is 1.10 bits per heavy atom. The molecule has 0 N–H and O–H groups in total. The second-order valence-electron chi connectivity index (χ2n) is 5.99. The van der Waals surface area contributed by atoms with E-state index >= 15 is 0 Å². The van der Waals surface area contributed by atoms with Gasteiger partial charge in [-0.25, -0.2) is 4.99 Å². The van der Waals surface area contributed by atoms with E-state index in [-0.39, 0.29) is 5.91 Å². The molecule has 3 rings (SSSR count). The second kappa shape index (κ2) is 9.24. The van der Waals surface area contributed by atoms with Gasteiger partial charge in [-0.3, -0.25) is 9.69 Å². The molecule has 152 valence electrons. The Morgan fingerprint density at radius 2 is 1.83 bits per heavy atom. The highest BCUT2D eigenvalue weighted by Crippen LogP contribution is 2.39. The summed E-state index contributed by atoms with van der Waals surface area (Å²) in [5.41, 5.74) is 1.49. The highest BCUT2D eigenvalue weighted by Gasteiger charge is 2.32. The third-order valence-electron chi connectivity index (χ3n) is 4.26. The van der Waals surface area contributed by atoms with Crippen LogP contribution in [0, 0.1) is 0 Å². The molecule has 29 heavy (non-hydrogen) atoms. The number of thioether (sulfide) groups is 1. The van der Waals surface area contributed by atoms with Crippen LogP contribution in [-0.4, -0.2) is 43.8 Å². The van der Waals surface area contributed by atoms with Crippen LogP contribution < -0.4 is 14.2 Å². The quantitative estimate of drug-likeness (QED) is 0.602. The van der Waals surface area contributed by atoms with Gasteiger partial charge in [-0.05, 0) is 66.7 Å². The molecule has 0 aliphatic carbocycles. The Morgan fingerprint density at radius 3 is 2.41 bits per heavy atom. The minimum absolute atomic E-state index is 0.101. The van der Waals surface area contributed by atoms with Crippen molar-refractivity contribution in [3.63, 3.8) is 0 Å². The number of amidine groups is 1. The van der Waals surface area contributed by atoms with E-state index in [1.54, 1.807) is 37.3 Å². The first-order valence-corrected chi connectivity index (χ1v) is 10.1. The number of nitrogens with zero attached hydrogens (tertiary/aromatic N) is 2. The molecular weight excluding hydrogens is 412 g/mol. The van der Waals surface area contributed by atoms with Crippen LogP contribution in [0.5, 0.6) is 17.2 Å². The molecule has 1 saturated heterocycles. The van der Waals surface area contributed by atoms with Gasteiger partial charge in [0.2, 0.25) is 0 Å². The van der Waals surface area contributed by atoms with Gasteiger partial charge in [0.25, 0.3) is 5.91 Å². The Kier molecular flexibility index (Phi) is 6.71. The number of benzene rings is 2. The monoisotopic (exact) mass is 432 g/mol. The Bertz CT molecular complexity index is 973. The van der Waals surface area contributed by atoms with Crippen LogP contribution in [0.1, 0.15) is 12.5 Å². The topological polar surface area (TPSA) is 60.4 Å². The van der Waals surface area contributed by atoms with Crippen molar-refractivity contribution in [3.8, 4) is 17.2 Å². The normalized spacial score (nSPS) is 16.6. The maximum atomic E-state index is 12.9. The molecule has 0 bridgehead atoms. The van der Waals surface area contributed by atoms with Gasteiger partial charge in [0, 0.05) is 6.54 Å². The lowest BCUT2D eigenvalue weighted by molar-refractivity contribution is -0.122. The largest absolute Gasteiger partial charge is 0.497 e. The fraction of sp³-hybridized carbons (Fsp3) is 0.238. The van der Waals surface area contributed by atoms with Crippen LogP contribution in [-0.2, 0) is 4.79 Å². The average Bonchev–Trinajstić information content (AvgIpc) is 3.02. The summed E-state index contributed by atoms with van der Waals surface area (Å²) in [4.78, 5) is 19.7. The molecule has 0 aromatic heterocycles. The predicted molar refractivity (Wildman–Crippen MR) is 118 cm³/mol. The third kappa shape index (κ3) is 4.52. The number of ether oxygens (including phenoxy) is 3. The van der Waals surface area contributed by atoms with Crippen molar-refractivity contribution in [2.75, 3.05) is 27.9 Å².